The van der Waals surface area contributed by atoms with Gasteiger partial charge in [0.1, 0.15) is 5.75 Å². The lowest BCUT2D eigenvalue weighted by Gasteiger charge is -2.25. The van der Waals surface area contributed by atoms with Gasteiger partial charge in [0.05, 0.1) is 0 Å². The zero-order valence-corrected chi connectivity index (χ0v) is 12.1. The third-order valence-corrected chi connectivity index (χ3v) is 3.95. The molecular weight excluding hydrogens is 307 g/mol. The molecule has 116 valence electrons. The summed E-state index contributed by atoms with van der Waals surface area (Å²) in [5, 5.41) is 0. The SMILES string of the molecule is CC1CCN(C(=O)c2ccc(OC(F)(F)F)cc2)C1CCl. The molecule has 0 bridgehead atoms. The van der Waals surface area contributed by atoms with Crippen LogP contribution in [-0.2, 0) is 0 Å². The van der Waals surface area contributed by atoms with Crippen LogP contribution in [0.3, 0.4) is 0 Å². The minimum absolute atomic E-state index is 0.0368. The number of halogens is 4. The molecule has 2 atom stereocenters. The summed E-state index contributed by atoms with van der Waals surface area (Å²) in [5.74, 6) is 0.105. The van der Waals surface area contributed by atoms with Gasteiger partial charge in [-0.25, -0.2) is 0 Å². The highest BCUT2D eigenvalue weighted by Crippen LogP contribution is 2.28. The third kappa shape index (κ3) is 3.81. The van der Waals surface area contributed by atoms with Crippen LogP contribution >= 0.6 is 11.6 Å². The van der Waals surface area contributed by atoms with E-state index in [1.165, 1.54) is 12.1 Å². The van der Waals surface area contributed by atoms with Gasteiger partial charge in [0.15, 0.2) is 0 Å². The van der Waals surface area contributed by atoms with Crippen molar-refractivity contribution in [1.82, 2.24) is 4.90 Å². The molecule has 0 aromatic heterocycles. The third-order valence-electron chi connectivity index (χ3n) is 3.64. The fourth-order valence-corrected chi connectivity index (χ4v) is 2.93. The summed E-state index contributed by atoms with van der Waals surface area (Å²) < 4.78 is 40.0. The van der Waals surface area contributed by atoms with Gasteiger partial charge in [-0.2, -0.15) is 0 Å². The van der Waals surface area contributed by atoms with E-state index in [1.807, 2.05) is 6.92 Å². The van der Waals surface area contributed by atoms with E-state index in [1.54, 1.807) is 4.90 Å². The molecule has 1 aliphatic heterocycles. The Bertz CT molecular complexity index is 504. The second-order valence-corrected chi connectivity index (χ2v) is 5.37. The summed E-state index contributed by atoms with van der Waals surface area (Å²) in [7, 11) is 0. The maximum Gasteiger partial charge on any atom is 0.573 e. The van der Waals surface area contributed by atoms with Crippen molar-refractivity contribution < 1.29 is 22.7 Å². The molecule has 2 rings (SSSR count). The number of carbonyl (C=O) groups is 1. The number of hydrogen-bond donors (Lipinski definition) is 0. The van der Waals surface area contributed by atoms with Gasteiger partial charge in [-0.1, -0.05) is 6.92 Å². The lowest BCUT2D eigenvalue weighted by atomic mass is 10.0. The molecule has 7 heteroatoms. The fourth-order valence-electron chi connectivity index (χ4n) is 2.46. The second kappa shape index (κ2) is 6.13. The first-order valence-corrected chi connectivity index (χ1v) is 7.08. The Morgan fingerprint density at radius 3 is 2.52 bits per heavy atom. The molecule has 1 fully saturated rings. The number of hydrogen-bond acceptors (Lipinski definition) is 2. The predicted molar refractivity (Wildman–Crippen MR) is 72.5 cm³/mol. The molecule has 21 heavy (non-hydrogen) atoms. The van der Waals surface area contributed by atoms with E-state index in [-0.39, 0.29) is 17.7 Å². The summed E-state index contributed by atoms with van der Waals surface area (Å²) in [4.78, 5) is 14.0. The van der Waals surface area contributed by atoms with Gasteiger partial charge in [0, 0.05) is 24.0 Å². The van der Waals surface area contributed by atoms with Crippen molar-refractivity contribution in [2.75, 3.05) is 12.4 Å². The first-order valence-electron chi connectivity index (χ1n) is 6.54. The van der Waals surface area contributed by atoms with Gasteiger partial charge in [-0.05, 0) is 36.6 Å². The molecule has 0 N–H and O–H groups in total. The van der Waals surface area contributed by atoms with Crippen LogP contribution in [0.15, 0.2) is 24.3 Å². The van der Waals surface area contributed by atoms with E-state index < -0.39 is 6.36 Å². The highest BCUT2D eigenvalue weighted by atomic mass is 35.5. The maximum atomic E-state index is 12.4. The topological polar surface area (TPSA) is 29.5 Å². The zero-order chi connectivity index (χ0) is 15.6. The first kappa shape index (κ1) is 15.9. The molecule has 0 saturated carbocycles. The van der Waals surface area contributed by atoms with Gasteiger partial charge in [0.25, 0.3) is 5.91 Å². The van der Waals surface area contributed by atoms with Crippen molar-refractivity contribution in [3.8, 4) is 5.75 Å². The van der Waals surface area contributed by atoms with E-state index in [2.05, 4.69) is 4.74 Å². The van der Waals surface area contributed by atoms with Crippen LogP contribution in [0.5, 0.6) is 5.75 Å². The molecular formula is C14H15ClF3NO2. The van der Waals surface area contributed by atoms with E-state index in [0.29, 0.717) is 23.9 Å². The molecule has 1 aromatic rings. The zero-order valence-electron chi connectivity index (χ0n) is 11.4. The van der Waals surface area contributed by atoms with Crippen LogP contribution in [0.4, 0.5) is 13.2 Å². The van der Waals surface area contributed by atoms with E-state index >= 15 is 0 Å². The molecule has 1 heterocycles. The Morgan fingerprint density at radius 1 is 1.38 bits per heavy atom. The number of alkyl halides is 4. The number of nitrogens with zero attached hydrogens (tertiary/aromatic N) is 1. The highest BCUT2D eigenvalue weighted by Gasteiger charge is 2.34. The molecule has 0 radical (unpaired) electrons. The van der Waals surface area contributed by atoms with E-state index in [4.69, 9.17) is 11.6 Å². The molecule has 1 aliphatic rings. The van der Waals surface area contributed by atoms with E-state index in [0.717, 1.165) is 18.6 Å². The van der Waals surface area contributed by atoms with Crippen LogP contribution in [0.25, 0.3) is 0 Å². The second-order valence-electron chi connectivity index (χ2n) is 5.06. The minimum Gasteiger partial charge on any atom is -0.406 e. The first-order chi connectivity index (χ1) is 9.81. The minimum atomic E-state index is -4.74. The summed E-state index contributed by atoms with van der Waals surface area (Å²) in [6.45, 7) is 2.64. The number of carbonyl (C=O) groups excluding carboxylic acids is 1. The molecule has 3 nitrogen and oxygen atoms in total. The van der Waals surface area contributed by atoms with Crippen LogP contribution < -0.4 is 4.74 Å². The van der Waals surface area contributed by atoms with Crippen molar-refractivity contribution in [1.29, 1.82) is 0 Å². The largest absolute Gasteiger partial charge is 0.573 e. The predicted octanol–water partition coefficient (Wildman–Crippen LogP) is 3.67. The van der Waals surface area contributed by atoms with Crippen molar-refractivity contribution in [3.05, 3.63) is 29.8 Å². The van der Waals surface area contributed by atoms with Gasteiger partial charge >= 0.3 is 6.36 Å². The Morgan fingerprint density at radius 2 is 2.00 bits per heavy atom. The van der Waals surface area contributed by atoms with Crippen LogP contribution in [-0.4, -0.2) is 35.6 Å². The van der Waals surface area contributed by atoms with Gasteiger partial charge in [-0.3, -0.25) is 4.79 Å². The number of amides is 1. The van der Waals surface area contributed by atoms with E-state index in [9.17, 15) is 18.0 Å². The Balaban J connectivity index is 2.10. The molecule has 1 saturated heterocycles. The molecule has 0 spiro atoms. The molecule has 0 aliphatic carbocycles. The highest BCUT2D eigenvalue weighted by molar-refractivity contribution is 6.18. The molecule has 2 unspecified atom stereocenters. The van der Waals surface area contributed by atoms with Crippen LogP contribution in [0.2, 0.25) is 0 Å². The summed E-state index contributed by atoms with van der Waals surface area (Å²) in [5.41, 5.74) is 0.328. The molecule has 1 aromatic carbocycles. The van der Waals surface area contributed by atoms with Crippen molar-refractivity contribution in [3.63, 3.8) is 0 Å². The van der Waals surface area contributed by atoms with Gasteiger partial charge in [0.2, 0.25) is 0 Å². The standard InChI is InChI=1S/C14H15ClF3NO2/c1-9-6-7-19(12(9)8-15)13(20)10-2-4-11(5-3-10)21-14(16,17)18/h2-5,9,12H,6-8H2,1H3. The lowest BCUT2D eigenvalue weighted by Crippen LogP contribution is -2.38. The monoisotopic (exact) mass is 321 g/mol. The van der Waals surface area contributed by atoms with Gasteiger partial charge < -0.3 is 9.64 Å². The number of ether oxygens (including phenoxy) is 1. The van der Waals surface area contributed by atoms with Crippen LogP contribution in [0.1, 0.15) is 23.7 Å². The Hall–Kier alpha value is -1.43. The number of likely N-dealkylation sites (tertiary alicyclic amines) is 1. The lowest BCUT2D eigenvalue weighted by molar-refractivity contribution is -0.274. The summed E-state index contributed by atoms with van der Waals surface area (Å²) >= 11 is 5.89. The average molecular weight is 322 g/mol. The normalized spacial score (nSPS) is 22.4. The average Bonchev–Trinajstić information content (AvgIpc) is 2.78. The fraction of sp³-hybridized carbons (Fsp3) is 0.500. The van der Waals surface area contributed by atoms with Gasteiger partial charge in [-0.15, -0.1) is 24.8 Å². The summed E-state index contributed by atoms with van der Waals surface area (Å²) in [6.07, 6.45) is -3.86. The van der Waals surface area contributed by atoms with Crippen molar-refractivity contribution in [2.45, 2.75) is 25.7 Å². The Labute approximate surface area is 125 Å². The van der Waals surface area contributed by atoms with Crippen LogP contribution in [0, 0.1) is 5.92 Å². The maximum absolute atomic E-state index is 12.4. The number of benzene rings is 1. The smallest absolute Gasteiger partial charge is 0.406 e. The summed E-state index contributed by atoms with van der Waals surface area (Å²) in [6, 6.07) is 4.89. The quantitative estimate of drug-likeness (QED) is 0.795. The number of rotatable bonds is 3. The Kier molecular flexibility index (Phi) is 4.66. The van der Waals surface area contributed by atoms with Crippen molar-refractivity contribution in [2.24, 2.45) is 5.92 Å². The van der Waals surface area contributed by atoms with Crippen molar-refractivity contribution >= 4 is 17.5 Å². The molecule has 1 amide bonds.